The minimum Gasteiger partial charge on any atom is -0.264 e. The van der Waals surface area contributed by atoms with Crippen LogP contribution in [0.25, 0.3) is 0 Å². The molecular formula is C21H20N2O. The maximum atomic E-state index is 11.5. The largest absolute Gasteiger partial charge is 0.264 e. The number of pyridine rings is 1. The van der Waals surface area contributed by atoms with Crippen LogP contribution >= 0.6 is 0 Å². The number of rotatable bonds is 6. The number of benzene rings is 2. The number of aryl methyl sites for hydroxylation is 3. The zero-order valence-corrected chi connectivity index (χ0v) is 13.7. The predicted molar refractivity (Wildman–Crippen MR) is 96.9 cm³/mol. The summed E-state index contributed by atoms with van der Waals surface area (Å²) in [5.41, 5.74) is 5.52. The van der Waals surface area contributed by atoms with Gasteiger partial charge in [-0.25, -0.2) is 0 Å². The van der Waals surface area contributed by atoms with E-state index in [1.807, 2.05) is 30.3 Å². The second-order valence-corrected chi connectivity index (χ2v) is 5.98. The zero-order chi connectivity index (χ0) is 16.8. The van der Waals surface area contributed by atoms with Gasteiger partial charge >= 0.3 is 0 Å². The Hall–Kier alpha value is -2.81. The van der Waals surface area contributed by atoms with E-state index in [0.717, 1.165) is 29.5 Å². The molecule has 0 bridgehead atoms. The third kappa shape index (κ3) is 3.74. The van der Waals surface area contributed by atoms with Gasteiger partial charge in [-0.2, -0.15) is 0 Å². The molecule has 3 rings (SSSR count). The van der Waals surface area contributed by atoms with E-state index < -0.39 is 6.04 Å². The van der Waals surface area contributed by atoms with Crippen LogP contribution < -0.4 is 0 Å². The topological polar surface area (TPSA) is 42.3 Å². The molecule has 2 aromatic carbocycles. The van der Waals surface area contributed by atoms with Gasteiger partial charge in [-0.3, -0.25) is 4.98 Å². The minimum absolute atomic E-state index is 0.507. The van der Waals surface area contributed by atoms with E-state index in [2.05, 4.69) is 47.4 Å². The summed E-state index contributed by atoms with van der Waals surface area (Å²) in [4.78, 5) is 15.6. The highest BCUT2D eigenvalue weighted by Gasteiger charge is 2.18. The van der Waals surface area contributed by atoms with Gasteiger partial charge in [0.2, 0.25) is 0 Å². The van der Waals surface area contributed by atoms with Gasteiger partial charge < -0.3 is 0 Å². The summed E-state index contributed by atoms with van der Waals surface area (Å²) in [6.07, 6.45) is 5.24. The molecule has 1 heterocycles. The van der Waals surface area contributed by atoms with Crippen molar-refractivity contribution in [3.8, 4) is 0 Å². The Morgan fingerprint density at radius 1 is 0.958 bits per heavy atom. The number of nitroso groups, excluding NO2 is 1. The first-order valence-corrected chi connectivity index (χ1v) is 8.13. The van der Waals surface area contributed by atoms with Crippen LogP contribution in [0.4, 0.5) is 0 Å². The molecule has 0 amide bonds. The second kappa shape index (κ2) is 7.64. The molecule has 0 N–H and O–H groups in total. The highest BCUT2D eigenvalue weighted by atomic mass is 16.3. The zero-order valence-electron chi connectivity index (χ0n) is 13.7. The number of hydrogen-bond donors (Lipinski definition) is 0. The molecule has 3 nitrogen and oxygen atoms in total. The molecule has 0 saturated heterocycles. The van der Waals surface area contributed by atoms with E-state index in [4.69, 9.17) is 0 Å². The van der Waals surface area contributed by atoms with Crippen molar-refractivity contribution in [2.75, 3.05) is 0 Å². The van der Waals surface area contributed by atoms with Crippen molar-refractivity contribution in [3.63, 3.8) is 0 Å². The van der Waals surface area contributed by atoms with Gasteiger partial charge in [0.1, 0.15) is 6.04 Å². The van der Waals surface area contributed by atoms with Gasteiger partial charge in [0, 0.05) is 18.0 Å². The summed E-state index contributed by atoms with van der Waals surface area (Å²) < 4.78 is 0. The van der Waals surface area contributed by atoms with E-state index in [1.165, 1.54) is 11.1 Å². The molecule has 24 heavy (non-hydrogen) atoms. The lowest BCUT2D eigenvalue weighted by atomic mass is 9.92. The fraction of sp³-hybridized carbons (Fsp3) is 0.190. The summed E-state index contributed by atoms with van der Waals surface area (Å²) in [6, 6.07) is 19.9. The smallest absolute Gasteiger partial charge is 0.144 e. The van der Waals surface area contributed by atoms with Gasteiger partial charge in [-0.05, 0) is 42.5 Å². The fourth-order valence-electron chi connectivity index (χ4n) is 2.90. The molecular weight excluding hydrogens is 296 g/mol. The Morgan fingerprint density at radius 3 is 2.46 bits per heavy atom. The molecule has 0 aliphatic heterocycles. The van der Waals surface area contributed by atoms with Crippen molar-refractivity contribution in [3.05, 3.63) is 106 Å². The van der Waals surface area contributed by atoms with Crippen molar-refractivity contribution in [2.24, 2.45) is 5.18 Å². The van der Waals surface area contributed by atoms with Crippen LogP contribution in [0.15, 0.2) is 78.2 Å². The molecule has 0 aliphatic carbocycles. The average molecular weight is 316 g/mol. The van der Waals surface area contributed by atoms with Crippen LogP contribution in [0.2, 0.25) is 0 Å². The number of hydrogen-bond acceptors (Lipinski definition) is 3. The Bertz CT molecular complexity index is 798. The second-order valence-electron chi connectivity index (χ2n) is 5.98. The first kappa shape index (κ1) is 16.1. The van der Waals surface area contributed by atoms with Crippen molar-refractivity contribution < 1.29 is 0 Å². The first-order valence-electron chi connectivity index (χ1n) is 8.13. The van der Waals surface area contributed by atoms with Crippen LogP contribution in [0.1, 0.15) is 33.9 Å². The molecule has 3 aromatic rings. The quantitative estimate of drug-likeness (QED) is 0.598. The third-order valence-corrected chi connectivity index (χ3v) is 4.26. The molecule has 0 spiro atoms. The molecule has 0 saturated carbocycles. The lowest BCUT2D eigenvalue weighted by Crippen LogP contribution is -2.04. The number of aromatic nitrogens is 1. The summed E-state index contributed by atoms with van der Waals surface area (Å²) in [7, 11) is 0. The summed E-state index contributed by atoms with van der Waals surface area (Å²) >= 11 is 0. The maximum Gasteiger partial charge on any atom is 0.144 e. The van der Waals surface area contributed by atoms with Crippen molar-refractivity contribution in [1.29, 1.82) is 0 Å². The van der Waals surface area contributed by atoms with Crippen LogP contribution in [0.3, 0.4) is 0 Å². The highest BCUT2D eigenvalue weighted by molar-refractivity contribution is 5.37. The summed E-state index contributed by atoms with van der Waals surface area (Å²) in [6.45, 7) is 2.09. The molecule has 0 aliphatic rings. The molecule has 120 valence electrons. The van der Waals surface area contributed by atoms with Crippen LogP contribution in [0, 0.1) is 11.8 Å². The minimum atomic E-state index is -0.507. The lowest BCUT2D eigenvalue weighted by Gasteiger charge is -2.14. The molecule has 3 heteroatoms. The van der Waals surface area contributed by atoms with Crippen molar-refractivity contribution in [1.82, 2.24) is 4.98 Å². The van der Waals surface area contributed by atoms with Crippen molar-refractivity contribution >= 4 is 0 Å². The Morgan fingerprint density at radius 2 is 1.75 bits per heavy atom. The van der Waals surface area contributed by atoms with Crippen molar-refractivity contribution in [2.45, 2.75) is 25.8 Å². The van der Waals surface area contributed by atoms with Gasteiger partial charge in [0.05, 0.1) is 0 Å². The Labute approximate surface area is 142 Å². The van der Waals surface area contributed by atoms with E-state index >= 15 is 0 Å². The Balaban J connectivity index is 1.84. The average Bonchev–Trinajstić information content (AvgIpc) is 2.64. The van der Waals surface area contributed by atoms with Gasteiger partial charge in [0.15, 0.2) is 0 Å². The summed E-state index contributed by atoms with van der Waals surface area (Å²) in [5.74, 6) is 0. The fourth-order valence-corrected chi connectivity index (χ4v) is 2.90. The van der Waals surface area contributed by atoms with Crippen LogP contribution in [0.5, 0.6) is 0 Å². The standard InChI is InChI=1S/C21H20N2O/c1-16-8-10-17(11-9-16)12-13-18-5-2-3-7-20(18)21(23-24)19-6-4-14-22-15-19/h2-11,14-15,21H,12-13H2,1H3. The predicted octanol–water partition coefficient (Wildman–Crippen LogP) is 5.03. The summed E-state index contributed by atoms with van der Waals surface area (Å²) in [5, 5.41) is 3.37. The maximum absolute atomic E-state index is 11.5. The third-order valence-electron chi connectivity index (χ3n) is 4.26. The molecule has 1 aromatic heterocycles. The SMILES string of the molecule is Cc1ccc(CCc2ccccc2C(N=O)c2cccnc2)cc1. The molecule has 1 unspecified atom stereocenters. The number of nitrogens with zero attached hydrogens (tertiary/aromatic N) is 2. The Kier molecular flexibility index (Phi) is 5.12. The van der Waals surface area contributed by atoms with Crippen LogP contribution in [-0.4, -0.2) is 4.98 Å². The normalized spacial score (nSPS) is 11.9. The van der Waals surface area contributed by atoms with Crippen LogP contribution in [-0.2, 0) is 12.8 Å². The molecule has 1 atom stereocenters. The first-order chi connectivity index (χ1) is 11.8. The van der Waals surface area contributed by atoms with Gasteiger partial charge in [-0.15, -0.1) is 4.91 Å². The van der Waals surface area contributed by atoms with E-state index in [0.29, 0.717) is 0 Å². The van der Waals surface area contributed by atoms with E-state index in [-0.39, 0.29) is 0 Å². The highest BCUT2D eigenvalue weighted by Crippen LogP contribution is 2.28. The monoisotopic (exact) mass is 316 g/mol. The lowest BCUT2D eigenvalue weighted by molar-refractivity contribution is 0.823. The van der Waals surface area contributed by atoms with E-state index in [9.17, 15) is 4.91 Å². The van der Waals surface area contributed by atoms with Gasteiger partial charge in [0.25, 0.3) is 0 Å². The van der Waals surface area contributed by atoms with E-state index in [1.54, 1.807) is 12.4 Å². The molecule has 0 radical (unpaired) electrons. The van der Waals surface area contributed by atoms with Gasteiger partial charge in [-0.1, -0.05) is 65.3 Å². The molecule has 0 fully saturated rings.